The molecule has 5 nitrogen and oxygen atoms in total. The number of hydrogen-bond donors (Lipinski definition) is 2. The average molecular weight is 389 g/mol. The number of amides is 1. The van der Waals surface area contributed by atoms with Crippen molar-refractivity contribution in [2.24, 2.45) is 0 Å². The summed E-state index contributed by atoms with van der Waals surface area (Å²) in [6, 6.07) is 7.06. The van der Waals surface area contributed by atoms with Gasteiger partial charge in [0.25, 0.3) is 0 Å². The highest BCUT2D eigenvalue weighted by Gasteiger charge is 2.02. The Bertz CT molecular complexity index is 568. The summed E-state index contributed by atoms with van der Waals surface area (Å²) in [4.78, 5) is 32.7. The second-order valence-electron chi connectivity index (χ2n) is 7.36. The summed E-state index contributed by atoms with van der Waals surface area (Å²) in [7, 11) is 0. The van der Waals surface area contributed by atoms with Crippen LogP contribution in [0.15, 0.2) is 24.3 Å². The molecule has 0 aliphatic heterocycles. The van der Waals surface area contributed by atoms with Crippen LogP contribution in [0.2, 0.25) is 0 Å². The predicted molar refractivity (Wildman–Crippen MR) is 111 cm³/mol. The molecule has 0 aliphatic rings. The van der Waals surface area contributed by atoms with Crippen molar-refractivity contribution in [1.82, 2.24) is 5.32 Å². The van der Waals surface area contributed by atoms with E-state index in [-0.39, 0.29) is 5.91 Å². The van der Waals surface area contributed by atoms with Crippen LogP contribution in [0, 0.1) is 0 Å². The minimum Gasteiger partial charge on any atom is -0.481 e. The van der Waals surface area contributed by atoms with Gasteiger partial charge in [0.2, 0.25) is 12.2 Å². The molecule has 155 valence electrons. The molecule has 0 saturated carbocycles. The third-order valence-electron chi connectivity index (χ3n) is 4.86. The van der Waals surface area contributed by atoms with Crippen LogP contribution in [-0.2, 0) is 20.9 Å². The van der Waals surface area contributed by atoms with Crippen LogP contribution in [0.3, 0.4) is 0 Å². The van der Waals surface area contributed by atoms with Gasteiger partial charge in [0.05, 0.1) is 0 Å². The van der Waals surface area contributed by atoms with Gasteiger partial charge in [0.1, 0.15) is 0 Å². The summed E-state index contributed by atoms with van der Waals surface area (Å²) < 4.78 is 0. The first-order valence-electron chi connectivity index (χ1n) is 10.6. The first-order valence-corrected chi connectivity index (χ1v) is 10.6. The Hall–Kier alpha value is -2.17. The number of carboxylic acid groups (broad SMARTS) is 1. The summed E-state index contributed by atoms with van der Waals surface area (Å²) in [6.45, 7) is 0.494. The van der Waals surface area contributed by atoms with E-state index < -0.39 is 5.97 Å². The summed E-state index contributed by atoms with van der Waals surface area (Å²) >= 11 is 0. The van der Waals surface area contributed by atoms with Crippen LogP contribution in [0.1, 0.15) is 94.6 Å². The molecule has 0 spiro atoms. The normalized spacial score (nSPS) is 10.6. The summed E-state index contributed by atoms with van der Waals surface area (Å²) in [6.07, 6.45) is 15.0. The van der Waals surface area contributed by atoms with Crippen LogP contribution in [-0.4, -0.2) is 23.3 Å². The fraction of sp³-hybridized carbons (Fsp3) is 0.609. The molecule has 0 bridgehead atoms. The number of benzene rings is 1. The van der Waals surface area contributed by atoms with E-state index in [0.717, 1.165) is 37.7 Å². The third kappa shape index (κ3) is 13.1. The Morgan fingerprint density at radius 1 is 0.750 bits per heavy atom. The lowest BCUT2D eigenvalue weighted by molar-refractivity contribution is -0.137. The molecule has 1 amide bonds. The van der Waals surface area contributed by atoms with Gasteiger partial charge in [0, 0.05) is 24.9 Å². The van der Waals surface area contributed by atoms with Crippen molar-refractivity contribution in [3.05, 3.63) is 35.4 Å². The lowest BCUT2D eigenvalue weighted by atomic mass is 10.0. The highest BCUT2D eigenvalue weighted by atomic mass is 16.4. The van der Waals surface area contributed by atoms with E-state index in [1.165, 1.54) is 38.5 Å². The summed E-state index contributed by atoms with van der Waals surface area (Å²) in [5.74, 6) is -0.615. The van der Waals surface area contributed by atoms with E-state index in [2.05, 4.69) is 5.32 Å². The molecule has 1 rings (SSSR count). The van der Waals surface area contributed by atoms with Gasteiger partial charge in [-0.1, -0.05) is 82.1 Å². The third-order valence-corrected chi connectivity index (χ3v) is 4.86. The fourth-order valence-electron chi connectivity index (χ4n) is 3.13. The maximum absolute atomic E-state index is 11.9. The SMILES string of the molecule is O=[C]c1ccc(CNC(=O)CCCCCCCCCCCCCC(=O)O)cc1. The molecule has 0 unspecified atom stereocenters. The lowest BCUT2D eigenvalue weighted by Gasteiger charge is -2.06. The van der Waals surface area contributed by atoms with E-state index in [1.54, 1.807) is 12.1 Å². The quantitative estimate of drug-likeness (QED) is 0.371. The van der Waals surface area contributed by atoms with Gasteiger partial charge < -0.3 is 10.4 Å². The van der Waals surface area contributed by atoms with Gasteiger partial charge in [-0.05, 0) is 18.4 Å². The van der Waals surface area contributed by atoms with Gasteiger partial charge in [0.15, 0.2) is 0 Å². The Labute approximate surface area is 168 Å². The smallest absolute Gasteiger partial charge is 0.303 e. The van der Waals surface area contributed by atoms with E-state index in [1.807, 2.05) is 18.4 Å². The number of carbonyl (C=O) groups is 2. The second kappa shape index (κ2) is 15.8. The molecule has 5 heteroatoms. The maximum Gasteiger partial charge on any atom is 0.303 e. The molecule has 0 fully saturated rings. The predicted octanol–water partition coefficient (Wildman–Crippen LogP) is 4.92. The zero-order chi connectivity index (χ0) is 20.5. The largest absolute Gasteiger partial charge is 0.481 e. The highest BCUT2D eigenvalue weighted by Crippen LogP contribution is 2.12. The number of unbranched alkanes of at least 4 members (excludes halogenated alkanes) is 10. The first-order chi connectivity index (χ1) is 13.6. The molecule has 0 atom stereocenters. The molecule has 0 aromatic heterocycles. The van der Waals surface area contributed by atoms with Gasteiger partial charge in [-0.25, -0.2) is 0 Å². The minimum absolute atomic E-state index is 0.0777. The maximum atomic E-state index is 11.9. The molecule has 1 aromatic rings. The van der Waals surface area contributed by atoms with E-state index in [0.29, 0.717) is 24.9 Å². The monoisotopic (exact) mass is 388 g/mol. The van der Waals surface area contributed by atoms with Crippen LogP contribution >= 0.6 is 0 Å². The van der Waals surface area contributed by atoms with Crippen LogP contribution in [0.25, 0.3) is 0 Å². The summed E-state index contributed by atoms with van der Waals surface area (Å²) in [5, 5.41) is 11.5. The van der Waals surface area contributed by atoms with Gasteiger partial charge in [-0.3, -0.25) is 14.4 Å². The zero-order valence-electron chi connectivity index (χ0n) is 16.9. The van der Waals surface area contributed by atoms with Crippen molar-refractivity contribution in [2.45, 2.75) is 90.0 Å². The number of nitrogens with one attached hydrogen (secondary N) is 1. The fourth-order valence-corrected chi connectivity index (χ4v) is 3.13. The zero-order valence-corrected chi connectivity index (χ0v) is 16.9. The number of carbonyl (C=O) groups excluding carboxylic acids is 2. The molecule has 0 aliphatic carbocycles. The number of aliphatic carboxylic acids is 1. The average Bonchev–Trinajstić information content (AvgIpc) is 2.70. The second-order valence-corrected chi connectivity index (χ2v) is 7.36. The van der Waals surface area contributed by atoms with E-state index in [4.69, 9.17) is 5.11 Å². The Balaban J connectivity index is 1.86. The van der Waals surface area contributed by atoms with Crippen LogP contribution in [0.5, 0.6) is 0 Å². The number of rotatable bonds is 17. The van der Waals surface area contributed by atoms with E-state index in [9.17, 15) is 14.4 Å². The Morgan fingerprint density at radius 2 is 1.21 bits per heavy atom. The Morgan fingerprint density at radius 3 is 1.68 bits per heavy atom. The minimum atomic E-state index is -0.693. The lowest BCUT2D eigenvalue weighted by Crippen LogP contribution is -2.22. The van der Waals surface area contributed by atoms with Gasteiger partial charge >= 0.3 is 5.97 Å². The highest BCUT2D eigenvalue weighted by molar-refractivity contribution is 5.76. The standard InChI is InChI=1S/C23H34NO4/c25-19-21-16-14-20(15-17-21)18-24-22(26)12-10-8-6-4-2-1-3-5-7-9-11-13-23(27)28/h14-17H,1-13,18H2,(H,24,26)(H,27,28). The van der Waals surface area contributed by atoms with Crippen molar-refractivity contribution in [1.29, 1.82) is 0 Å². The molecule has 0 saturated heterocycles. The molecule has 0 heterocycles. The molecule has 28 heavy (non-hydrogen) atoms. The van der Waals surface area contributed by atoms with Crippen LogP contribution in [0.4, 0.5) is 0 Å². The van der Waals surface area contributed by atoms with Crippen LogP contribution < -0.4 is 5.32 Å². The number of hydrogen-bond acceptors (Lipinski definition) is 3. The van der Waals surface area contributed by atoms with Crippen molar-refractivity contribution in [3.8, 4) is 0 Å². The molecular weight excluding hydrogens is 354 g/mol. The topological polar surface area (TPSA) is 83.5 Å². The first kappa shape index (κ1) is 23.9. The molecule has 1 radical (unpaired) electrons. The van der Waals surface area contributed by atoms with Gasteiger partial charge in [-0.15, -0.1) is 0 Å². The number of carboxylic acids is 1. The van der Waals surface area contributed by atoms with Crippen molar-refractivity contribution < 1.29 is 19.5 Å². The van der Waals surface area contributed by atoms with E-state index >= 15 is 0 Å². The van der Waals surface area contributed by atoms with Crippen molar-refractivity contribution in [2.75, 3.05) is 0 Å². The van der Waals surface area contributed by atoms with Crippen molar-refractivity contribution in [3.63, 3.8) is 0 Å². The molecular formula is C23H34NO4. The Kier molecular flexibility index (Phi) is 13.5. The molecule has 1 aromatic carbocycles. The molecule has 2 N–H and O–H groups in total. The van der Waals surface area contributed by atoms with Gasteiger partial charge in [-0.2, -0.15) is 0 Å². The van der Waals surface area contributed by atoms with Crippen molar-refractivity contribution >= 4 is 18.2 Å². The summed E-state index contributed by atoms with van der Waals surface area (Å²) in [5.41, 5.74) is 1.50.